The molecule has 1 atom stereocenters. The summed E-state index contributed by atoms with van der Waals surface area (Å²) in [6.45, 7) is 3.74. The highest BCUT2D eigenvalue weighted by atomic mass is 16.3. The molecule has 0 unspecified atom stereocenters. The first-order valence-corrected chi connectivity index (χ1v) is 7.17. The van der Waals surface area contributed by atoms with E-state index in [0.29, 0.717) is 11.3 Å². The fraction of sp³-hybridized carbons (Fsp3) is 0.294. The van der Waals surface area contributed by atoms with Crippen LogP contribution in [0.15, 0.2) is 47.1 Å². The maximum absolute atomic E-state index is 12.7. The second-order valence-electron chi connectivity index (χ2n) is 5.72. The minimum absolute atomic E-state index is 0.110. The molecule has 0 saturated carbocycles. The summed E-state index contributed by atoms with van der Waals surface area (Å²) in [6.07, 6.45) is 1.06. The van der Waals surface area contributed by atoms with Crippen LogP contribution in [0.4, 0.5) is 5.69 Å². The molecular weight excluding hydrogens is 282 g/mol. The zero-order valence-corrected chi connectivity index (χ0v) is 12.4. The fourth-order valence-electron chi connectivity index (χ4n) is 2.90. The third kappa shape index (κ3) is 2.05. The number of para-hydroxylation sites is 1. The van der Waals surface area contributed by atoms with Crippen molar-refractivity contribution in [2.24, 2.45) is 0 Å². The Morgan fingerprint density at radius 3 is 2.64 bits per heavy atom. The second kappa shape index (κ2) is 5.10. The monoisotopic (exact) mass is 299 g/mol. The van der Waals surface area contributed by atoms with Crippen molar-refractivity contribution < 1.29 is 19.1 Å². The molecule has 1 aliphatic rings. The summed E-state index contributed by atoms with van der Waals surface area (Å²) < 4.78 is 5.06. The van der Waals surface area contributed by atoms with Gasteiger partial charge in [0.15, 0.2) is 11.4 Å². The predicted molar refractivity (Wildman–Crippen MR) is 80.6 cm³/mol. The SMILES string of the molecule is CC(C)N1C(=O)[C@@](O)(CC(=O)c2ccco2)c2ccccc21. The van der Waals surface area contributed by atoms with Crippen LogP contribution in [0.2, 0.25) is 0 Å². The summed E-state index contributed by atoms with van der Waals surface area (Å²) in [6, 6.07) is 10.0. The Morgan fingerprint density at radius 2 is 2.00 bits per heavy atom. The Hall–Kier alpha value is -2.40. The van der Waals surface area contributed by atoms with Crippen LogP contribution in [0, 0.1) is 0 Å². The Labute approximate surface area is 128 Å². The van der Waals surface area contributed by atoms with Crippen molar-refractivity contribution >= 4 is 17.4 Å². The van der Waals surface area contributed by atoms with Crippen LogP contribution in [0.3, 0.4) is 0 Å². The summed E-state index contributed by atoms with van der Waals surface area (Å²) in [5.41, 5.74) is -0.726. The summed E-state index contributed by atoms with van der Waals surface area (Å²) in [7, 11) is 0. The molecule has 2 aromatic rings. The van der Waals surface area contributed by atoms with Crippen molar-refractivity contribution in [3.8, 4) is 0 Å². The van der Waals surface area contributed by atoms with Crippen molar-refractivity contribution in [2.75, 3.05) is 4.90 Å². The minimum atomic E-state index is -1.84. The lowest BCUT2D eigenvalue weighted by Gasteiger charge is -2.25. The number of rotatable bonds is 4. The number of ketones is 1. The van der Waals surface area contributed by atoms with E-state index in [1.165, 1.54) is 17.2 Å². The average molecular weight is 299 g/mol. The molecule has 2 heterocycles. The molecule has 1 aliphatic heterocycles. The maximum Gasteiger partial charge on any atom is 0.264 e. The largest absolute Gasteiger partial charge is 0.461 e. The number of furan rings is 1. The van der Waals surface area contributed by atoms with Gasteiger partial charge in [0, 0.05) is 11.6 Å². The van der Waals surface area contributed by atoms with Gasteiger partial charge in [-0.1, -0.05) is 18.2 Å². The molecule has 3 rings (SSSR count). The van der Waals surface area contributed by atoms with Crippen LogP contribution >= 0.6 is 0 Å². The summed E-state index contributed by atoms with van der Waals surface area (Å²) in [5, 5.41) is 10.9. The molecule has 0 bridgehead atoms. The number of carbonyl (C=O) groups is 2. The predicted octanol–water partition coefficient (Wildman–Crippen LogP) is 2.50. The van der Waals surface area contributed by atoms with Crippen molar-refractivity contribution in [2.45, 2.75) is 31.9 Å². The van der Waals surface area contributed by atoms with Gasteiger partial charge in [0.1, 0.15) is 0 Å². The highest BCUT2D eigenvalue weighted by molar-refractivity contribution is 6.10. The van der Waals surface area contributed by atoms with Crippen LogP contribution in [0.25, 0.3) is 0 Å². The van der Waals surface area contributed by atoms with Crippen molar-refractivity contribution in [1.82, 2.24) is 0 Å². The van der Waals surface area contributed by atoms with E-state index in [-0.39, 0.29) is 18.2 Å². The Morgan fingerprint density at radius 1 is 1.27 bits per heavy atom. The first kappa shape index (κ1) is 14.5. The molecule has 0 fully saturated rings. The van der Waals surface area contributed by atoms with Crippen molar-refractivity contribution in [3.63, 3.8) is 0 Å². The Kier molecular flexibility index (Phi) is 3.37. The van der Waals surface area contributed by atoms with Gasteiger partial charge in [0.2, 0.25) is 5.78 Å². The third-order valence-corrected chi connectivity index (χ3v) is 3.91. The van der Waals surface area contributed by atoms with Gasteiger partial charge in [-0.05, 0) is 32.0 Å². The van der Waals surface area contributed by atoms with Crippen LogP contribution in [-0.2, 0) is 10.4 Å². The first-order chi connectivity index (χ1) is 10.4. The standard InChI is InChI=1S/C17H17NO4/c1-11(2)18-13-7-4-3-6-12(13)17(21,16(18)20)10-14(19)15-8-5-9-22-15/h3-9,11,21H,10H2,1-2H3/t17-/m1/s1. The molecule has 5 nitrogen and oxygen atoms in total. The van der Waals surface area contributed by atoms with E-state index < -0.39 is 17.3 Å². The molecule has 0 aliphatic carbocycles. The lowest BCUT2D eigenvalue weighted by atomic mass is 9.89. The molecule has 0 radical (unpaired) electrons. The second-order valence-corrected chi connectivity index (χ2v) is 5.72. The number of Topliss-reactive ketones (excluding diaryl/α,β-unsaturated/α-hetero) is 1. The van der Waals surface area contributed by atoms with Crippen molar-refractivity contribution in [3.05, 3.63) is 54.0 Å². The highest BCUT2D eigenvalue weighted by Crippen LogP contribution is 2.43. The van der Waals surface area contributed by atoms with Gasteiger partial charge in [0.25, 0.3) is 5.91 Å². The van der Waals surface area contributed by atoms with Gasteiger partial charge in [-0.3, -0.25) is 9.59 Å². The average Bonchev–Trinajstić information content (AvgIpc) is 3.07. The molecule has 5 heteroatoms. The van der Waals surface area contributed by atoms with E-state index in [1.54, 1.807) is 24.3 Å². The Bertz CT molecular complexity index is 720. The molecule has 0 spiro atoms. The van der Waals surface area contributed by atoms with Gasteiger partial charge in [-0.2, -0.15) is 0 Å². The lowest BCUT2D eigenvalue weighted by molar-refractivity contribution is -0.136. The number of anilines is 1. The quantitative estimate of drug-likeness (QED) is 0.881. The number of amides is 1. The lowest BCUT2D eigenvalue weighted by Crippen LogP contribution is -2.44. The number of hydrogen-bond donors (Lipinski definition) is 1. The van der Waals surface area contributed by atoms with E-state index >= 15 is 0 Å². The van der Waals surface area contributed by atoms with E-state index in [4.69, 9.17) is 4.42 Å². The van der Waals surface area contributed by atoms with Gasteiger partial charge < -0.3 is 14.4 Å². The molecule has 0 saturated heterocycles. The van der Waals surface area contributed by atoms with Gasteiger partial charge in [-0.15, -0.1) is 0 Å². The van der Waals surface area contributed by atoms with Gasteiger partial charge >= 0.3 is 0 Å². The smallest absolute Gasteiger partial charge is 0.264 e. The number of hydrogen-bond acceptors (Lipinski definition) is 4. The molecule has 1 aromatic heterocycles. The molecule has 22 heavy (non-hydrogen) atoms. The normalized spacial score (nSPS) is 20.5. The topological polar surface area (TPSA) is 70.8 Å². The molecular formula is C17H17NO4. The summed E-state index contributed by atoms with van der Waals surface area (Å²) in [5.74, 6) is -0.730. The van der Waals surface area contributed by atoms with Crippen LogP contribution in [0.5, 0.6) is 0 Å². The number of nitrogens with zero attached hydrogens (tertiary/aromatic N) is 1. The molecule has 1 amide bonds. The zero-order valence-electron chi connectivity index (χ0n) is 12.4. The van der Waals surface area contributed by atoms with E-state index in [9.17, 15) is 14.7 Å². The van der Waals surface area contributed by atoms with E-state index in [0.717, 1.165) is 0 Å². The van der Waals surface area contributed by atoms with Gasteiger partial charge in [0.05, 0.1) is 18.4 Å². The first-order valence-electron chi connectivity index (χ1n) is 7.17. The maximum atomic E-state index is 12.7. The van der Waals surface area contributed by atoms with Crippen LogP contribution in [-0.4, -0.2) is 22.8 Å². The highest BCUT2D eigenvalue weighted by Gasteiger charge is 2.51. The number of fused-ring (bicyclic) bond motifs is 1. The van der Waals surface area contributed by atoms with Gasteiger partial charge in [-0.25, -0.2) is 0 Å². The fourth-order valence-corrected chi connectivity index (χ4v) is 2.90. The summed E-state index contributed by atoms with van der Waals surface area (Å²) >= 11 is 0. The Balaban J connectivity index is 2.02. The molecule has 1 N–H and O–H groups in total. The molecule has 114 valence electrons. The van der Waals surface area contributed by atoms with Crippen LogP contribution in [0.1, 0.15) is 36.4 Å². The number of benzene rings is 1. The zero-order chi connectivity index (χ0) is 15.9. The van der Waals surface area contributed by atoms with Crippen LogP contribution < -0.4 is 4.90 Å². The number of aliphatic hydroxyl groups is 1. The number of carbonyl (C=O) groups excluding carboxylic acids is 2. The third-order valence-electron chi connectivity index (χ3n) is 3.91. The van der Waals surface area contributed by atoms with E-state index in [1.807, 2.05) is 19.9 Å². The van der Waals surface area contributed by atoms with E-state index in [2.05, 4.69) is 0 Å². The molecule has 1 aromatic carbocycles. The summed E-state index contributed by atoms with van der Waals surface area (Å²) in [4.78, 5) is 26.5. The van der Waals surface area contributed by atoms with Crippen molar-refractivity contribution in [1.29, 1.82) is 0 Å². The minimum Gasteiger partial charge on any atom is -0.461 e.